The van der Waals surface area contributed by atoms with Gasteiger partial charge in [-0.05, 0) is 20.3 Å². The van der Waals surface area contributed by atoms with Crippen molar-refractivity contribution < 1.29 is 9.47 Å². The Labute approximate surface area is 77.9 Å². The number of rotatable bonds is 6. The summed E-state index contributed by atoms with van der Waals surface area (Å²) in [5.74, 6) is 0. The van der Waals surface area contributed by atoms with Gasteiger partial charge in [0.05, 0.1) is 0 Å². The van der Waals surface area contributed by atoms with Crippen molar-refractivity contribution in [2.45, 2.75) is 45.7 Å². The minimum Gasteiger partial charge on any atom is -0.354 e. The van der Waals surface area contributed by atoms with Gasteiger partial charge in [0.25, 0.3) is 0 Å². The highest BCUT2D eigenvalue weighted by Gasteiger charge is 2.33. The van der Waals surface area contributed by atoms with E-state index in [2.05, 4.69) is 20.0 Å². The Bertz CT molecular complexity index is 109. The Kier molecular flexibility index (Phi) is 5.79. The van der Waals surface area contributed by atoms with Gasteiger partial charge in [0.15, 0.2) is 0 Å². The minimum absolute atomic E-state index is 0.219. The first-order valence-corrected chi connectivity index (χ1v) is 7.79. The van der Waals surface area contributed by atoms with Gasteiger partial charge >= 0.3 is 0 Å². The molecule has 0 heterocycles. The molecule has 0 aromatic carbocycles. The quantitative estimate of drug-likeness (QED) is 0.472. The van der Waals surface area contributed by atoms with Crippen LogP contribution in [0.1, 0.15) is 27.2 Å². The van der Waals surface area contributed by atoms with E-state index in [1.165, 1.54) is 0 Å². The Morgan fingerprint density at radius 1 is 1.00 bits per heavy atom. The first-order chi connectivity index (χ1) is 5.63. The minimum atomic E-state index is -0.901. The van der Waals surface area contributed by atoms with Gasteiger partial charge in [0.2, 0.25) is 0 Å². The second kappa shape index (κ2) is 5.73. The SMILES string of the molecule is CCOC(CC)(OCC)[SiH](C)C. The maximum Gasteiger partial charge on any atom is 0.147 e. The zero-order valence-electron chi connectivity index (χ0n) is 9.02. The van der Waals surface area contributed by atoms with Crippen molar-refractivity contribution in [2.75, 3.05) is 13.2 Å². The molecule has 0 aliphatic rings. The molecule has 0 aliphatic carbocycles. The van der Waals surface area contributed by atoms with Crippen LogP contribution < -0.4 is 0 Å². The molecule has 0 spiro atoms. The fraction of sp³-hybridized carbons (Fsp3) is 1.00. The van der Waals surface area contributed by atoms with E-state index in [1.54, 1.807) is 0 Å². The molecule has 3 heteroatoms. The molecule has 0 rings (SSSR count). The van der Waals surface area contributed by atoms with E-state index in [4.69, 9.17) is 9.47 Å². The standard InChI is InChI=1S/C9H22O2Si/c1-6-9(10-7-2,11-8-3)12(4)5/h12H,6-8H2,1-5H3. The molecule has 0 saturated heterocycles. The van der Waals surface area contributed by atoms with E-state index in [-0.39, 0.29) is 5.41 Å². The average molecular weight is 190 g/mol. The van der Waals surface area contributed by atoms with Crippen molar-refractivity contribution in [3.63, 3.8) is 0 Å². The summed E-state index contributed by atoms with van der Waals surface area (Å²) in [5.41, 5.74) is -0.219. The van der Waals surface area contributed by atoms with Gasteiger partial charge in [-0.2, -0.15) is 0 Å². The van der Waals surface area contributed by atoms with Crippen molar-refractivity contribution >= 4 is 8.80 Å². The summed E-state index contributed by atoms with van der Waals surface area (Å²) < 4.78 is 11.4. The maximum atomic E-state index is 5.72. The van der Waals surface area contributed by atoms with Crippen LogP contribution in [-0.4, -0.2) is 27.4 Å². The summed E-state index contributed by atoms with van der Waals surface area (Å²) in [7, 11) is -0.901. The zero-order valence-corrected chi connectivity index (χ0v) is 10.2. The molecule has 0 N–H and O–H groups in total. The van der Waals surface area contributed by atoms with Crippen LogP contribution in [0.2, 0.25) is 13.1 Å². The lowest BCUT2D eigenvalue weighted by atomic mass is 10.4. The van der Waals surface area contributed by atoms with Crippen molar-refractivity contribution in [1.82, 2.24) is 0 Å². The molecule has 0 bridgehead atoms. The van der Waals surface area contributed by atoms with Crippen molar-refractivity contribution in [3.8, 4) is 0 Å². The molecule has 12 heavy (non-hydrogen) atoms. The molecule has 0 atom stereocenters. The van der Waals surface area contributed by atoms with E-state index in [0.717, 1.165) is 19.6 Å². The number of hydrogen-bond donors (Lipinski definition) is 0. The number of hydrogen-bond acceptors (Lipinski definition) is 2. The fourth-order valence-corrected chi connectivity index (χ4v) is 3.29. The lowest BCUT2D eigenvalue weighted by Crippen LogP contribution is -2.47. The highest BCUT2D eigenvalue weighted by molar-refractivity contribution is 6.58. The van der Waals surface area contributed by atoms with Crippen LogP contribution in [0.15, 0.2) is 0 Å². The van der Waals surface area contributed by atoms with Crippen LogP contribution >= 0.6 is 0 Å². The van der Waals surface area contributed by atoms with E-state index >= 15 is 0 Å². The molecule has 74 valence electrons. The van der Waals surface area contributed by atoms with Gasteiger partial charge in [0, 0.05) is 13.2 Å². The molecular formula is C9H22O2Si. The Morgan fingerprint density at radius 3 is 1.58 bits per heavy atom. The van der Waals surface area contributed by atoms with E-state index in [0.29, 0.717) is 0 Å². The lowest BCUT2D eigenvalue weighted by Gasteiger charge is -2.35. The molecule has 0 amide bonds. The van der Waals surface area contributed by atoms with Gasteiger partial charge in [-0.3, -0.25) is 0 Å². The van der Waals surface area contributed by atoms with Crippen LogP contribution in [-0.2, 0) is 9.47 Å². The molecular weight excluding hydrogens is 168 g/mol. The molecule has 0 radical (unpaired) electrons. The van der Waals surface area contributed by atoms with E-state index < -0.39 is 8.80 Å². The third-order valence-corrected chi connectivity index (χ3v) is 4.65. The van der Waals surface area contributed by atoms with Crippen molar-refractivity contribution in [1.29, 1.82) is 0 Å². The van der Waals surface area contributed by atoms with Crippen molar-refractivity contribution in [2.24, 2.45) is 0 Å². The van der Waals surface area contributed by atoms with Gasteiger partial charge in [0.1, 0.15) is 14.2 Å². The maximum absolute atomic E-state index is 5.72. The Hall–Kier alpha value is 0.137. The molecule has 0 aromatic rings. The predicted octanol–water partition coefficient (Wildman–Crippen LogP) is 2.19. The Morgan fingerprint density at radius 2 is 1.42 bits per heavy atom. The summed E-state index contributed by atoms with van der Waals surface area (Å²) in [5, 5.41) is 0. The molecule has 2 nitrogen and oxygen atoms in total. The summed E-state index contributed by atoms with van der Waals surface area (Å²) >= 11 is 0. The largest absolute Gasteiger partial charge is 0.354 e. The van der Waals surface area contributed by atoms with Crippen molar-refractivity contribution in [3.05, 3.63) is 0 Å². The average Bonchev–Trinajstić information content (AvgIpc) is 2.03. The zero-order chi connectivity index (χ0) is 9.61. The van der Waals surface area contributed by atoms with Crippen LogP contribution in [0.3, 0.4) is 0 Å². The molecule has 0 aliphatic heterocycles. The van der Waals surface area contributed by atoms with Gasteiger partial charge in [-0.15, -0.1) is 0 Å². The van der Waals surface area contributed by atoms with Gasteiger partial charge < -0.3 is 9.47 Å². The summed E-state index contributed by atoms with van der Waals surface area (Å²) in [6, 6.07) is 0. The van der Waals surface area contributed by atoms with E-state index in [9.17, 15) is 0 Å². The predicted molar refractivity (Wildman–Crippen MR) is 55.2 cm³/mol. The van der Waals surface area contributed by atoms with E-state index in [1.807, 2.05) is 13.8 Å². The highest BCUT2D eigenvalue weighted by atomic mass is 28.3. The van der Waals surface area contributed by atoms with Crippen LogP contribution in [0.25, 0.3) is 0 Å². The smallest absolute Gasteiger partial charge is 0.147 e. The van der Waals surface area contributed by atoms with Crippen LogP contribution in [0.4, 0.5) is 0 Å². The molecule has 0 aromatic heterocycles. The topological polar surface area (TPSA) is 18.5 Å². The van der Waals surface area contributed by atoms with Crippen LogP contribution in [0.5, 0.6) is 0 Å². The first-order valence-electron chi connectivity index (χ1n) is 4.90. The molecule has 0 saturated carbocycles. The third kappa shape index (κ3) is 2.88. The van der Waals surface area contributed by atoms with Crippen LogP contribution in [0, 0.1) is 0 Å². The molecule has 0 unspecified atom stereocenters. The van der Waals surface area contributed by atoms with Gasteiger partial charge in [-0.1, -0.05) is 20.0 Å². The lowest BCUT2D eigenvalue weighted by molar-refractivity contribution is -0.179. The number of ether oxygens (including phenoxy) is 2. The van der Waals surface area contributed by atoms with Gasteiger partial charge in [-0.25, -0.2) is 0 Å². The highest BCUT2D eigenvalue weighted by Crippen LogP contribution is 2.21. The second-order valence-corrected chi connectivity index (χ2v) is 6.38. The first kappa shape index (κ1) is 12.1. The summed E-state index contributed by atoms with van der Waals surface area (Å²) in [6.45, 7) is 12.2. The Balaban J connectivity index is 4.28. The summed E-state index contributed by atoms with van der Waals surface area (Å²) in [4.78, 5) is 0. The monoisotopic (exact) mass is 190 g/mol. The third-order valence-electron chi connectivity index (χ3n) is 2.15. The second-order valence-electron chi connectivity index (χ2n) is 3.19. The fourth-order valence-electron chi connectivity index (χ4n) is 1.48. The molecule has 0 fully saturated rings. The normalized spacial score (nSPS) is 12.5. The summed E-state index contributed by atoms with van der Waals surface area (Å²) in [6.07, 6.45) is 0.971.